The molecule has 1 aliphatic rings. The Hall–Kier alpha value is -1.85. The first-order chi connectivity index (χ1) is 10.1. The van der Waals surface area contributed by atoms with Gasteiger partial charge < -0.3 is 15.1 Å². The Bertz CT molecular complexity index is 702. The third-order valence-corrected chi connectivity index (χ3v) is 4.14. The van der Waals surface area contributed by atoms with Gasteiger partial charge in [-0.25, -0.2) is 0 Å². The molecule has 108 valence electrons. The smallest absolute Gasteiger partial charge is 0.262 e. The van der Waals surface area contributed by atoms with Crippen molar-refractivity contribution in [1.82, 2.24) is 0 Å². The Morgan fingerprint density at radius 3 is 2.76 bits per heavy atom. The molecule has 1 atom stereocenters. The molecule has 0 fully saturated rings. The van der Waals surface area contributed by atoms with Gasteiger partial charge in [-0.3, -0.25) is 4.79 Å². The molecule has 2 aromatic carbocycles. The Morgan fingerprint density at radius 1 is 1.24 bits per heavy atom. The number of fused-ring (bicyclic) bond motifs is 1. The molecule has 5 heteroatoms. The molecule has 0 aliphatic carbocycles. The second kappa shape index (κ2) is 5.50. The van der Waals surface area contributed by atoms with E-state index in [1.54, 1.807) is 17.0 Å². The summed E-state index contributed by atoms with van der Waals surface area (Å²) in [6.45, 7) is 0.423. The van der Waals surface area contributed by atoms with Crippen molar-refractivity contribution in [3.63, 3.8) is 0 Å². The molecule has 1 amide bonds. The maximum atomic E-state index is 12.7. The summed E-state index contributed by atoms with van der Waals surface area (Å²) in [5.74, 6) is -0.322. The first kappa shape index (κ1) is 14.1. The number of nitrogens with zero attached hydrogens (tertiary/aromatic N) is 1. The van der Waals surface area contributed by atoms with E-state index in [-0.39, 0.29) is 17.2 Å². The van der Waals surface area contributed by atoms with Gasteiger partial charge in [0.15, 0.2) is 0 Å². The number of hydrogen-bond donors (Lipinski definition) is 2. The van der Waals surface area contributed by atoms with Gasteiger partial charge in [-0.2, -0.15) is 0 Å². The monoisotopic (exact) mass is 347 g/mol. The van der Waals surface area contributed by atoms with E-state index < -0.39 is 6.10 Å². The summed E-state index contributed by atoms with van der Waals surface area (Å²) in [6, 6.07) is 12.1. The van der Waals surface area contributed by atoms with Gasteiger partial charge >= 0.3 is 0 Å². The number of aromatic hydroxyl groups is 1. The Morgan fingerprint density at radius 2 is 2.00 bits per heavy atom. The molecule has 4 nitrogen and oxygen atoms in total. The Kier molecular flexibility index (Phi) is 3.69. The van der Waals surface area contributed by atoms with Crippen LogP contribution in [0.2, 0.25) is 0 Å². The molecule has 2 aromatic rings. The molecule has 0 spiro atoms. The van der Waals surface area contributed by atoms with Crippen molar-refractivity contribution in [2.75, 3.05) is 11.4 Å². The van der Waals surface area contributed by atoms with E-state index in [0.717, 1.165) is 5.56 Å². The molecule has 2 N–H and O–H groups in total. The van der Waals surface area contributed by atoms with E-state index in [4.69, 9.17) is 0 Å². The number of phenolic OH excluding ortho intramolecular Hbond substituents is 1. The van der Waals surface area contributed by atoms with Gasteiger partial charge in [0.2, 0.25) is 0 Å². The highest BCUT2D eigenvalue weighted by Crippen LogP contribution is 2.35. The van der Waals surface area contributed by atoms with Crippen molar-refractivity contribution in [1.29, 1.82) is 0 Å². The zero-order valence-corrected chi connectivity index (χ0v) is 12.7. The molecule has 21 heavy (non-hydrogen) atoms. The second-order valence-electron chi connectivity index (χ2n) is 4.98. The number of amides is 1. The van der Waals surface area contributed by atoms with Gasteiger partial charge in [0.25, 0.3) is 5.91 Å². The van der Waals surface area contributed by atoms with E-state index in [1.165, 1.54) is 6.07 Å². The van der Waals surface area contributed by atoms with Crippen LogP contribution in [0.5, 0.6) is 5.75 Å². The predicted molar refractivity (Wildman–Crippen MR) is 83.5 cm³/mol. The number of para-hydroxylation sites is 1. The van der Waals surface area contributed by atoms with Crippen LogP contribution in [-0.4, -0.2) is 22.7 Å². The molecule has 1 aliphatic heterocycles. The van der Waals surface area contributed by atoms with Crippen molar-refractivity contribution < 1.29 is 15.0 Å². The van der Waals surface area contributed by atoms with Crippen molar-refractivity contribution in [3.8, 4) is 5.75 Å². The van der Waals surface area contributed by atoms with Crippen molar-refractivity contribution >= 4 is 27.5 Å². The highest BCUT2D eigenvalue weighted by atomic mass is 79.9. The van der Waals surface area contributed by atoms with E-state index in [0.29, 0.717) is 23.1 Å². The SMILES string of the molecule is O=C(c1ccc(Br)cc1O)N1CCC(O)c2ccccc21. The lowest BCUT2D eigenvalue weighted by Gasteiger charge is -2.32. The van der Waals surface area contributed by atoms with E-state index >= 15 is 0 Å². The van der Waals surface area contributed by atoms with Crippen molar-refractivity contribution in [3.05, 3.63) is 58.1 Å². The predicted octanol–water partition coefficient (Wildman–Crippen LogP) is 3.24. The molecule has 1 heterocycles. The topological polar surface area (TPSA) is 60.8 Å². The van der Waals surface area contributed by atoms with Crippen LogP contribution < -0.4 is 4.90 Å². The van der Waals surface area contributed by atoms with Crippen LogP contribution >= 0.6 is 15.9 Å². The molecule has 3 rings (SSSR count). The fraction of sp³-hybridized carbons (Fsp3) is 0.188. The number of aliphatic hydroxyl groups excluding tert-OH is 1. The largest absolute Gasteiger partial charge is 0.507 e. The molecule has 0 saturated heterocycles. The minimum atomic E-state index is -0.552. The van der Waals surface area contributed by atoms with Gasteiger partial charge in [-0.1, -0.05) is 34.1 Å². The van der Waals surface area contributed by atoms with Crippen LogP contribution in [0.1, 0.15) is 28.4 Å². The third-order valence-electron chi connectivity index (χ3n) is 3.65. The van der Waals surface area contributed by atoms with Crippen LogP contribution in [0.15, 0.2) is 46.9 Å². The highest BCUT2D eigenvalue weighted by Gasteiger charge is 2.28. The number of phenols is 1. The number of halogens is 1. The Balaban J connectivity index is 2.01. The lowest BCUT2D eigenvalue weighted by atomic mass is 9.98. The van der Waals surface area contributed by atoms with Crippen molar-refractivity contribution in [2.45, 2.75) is 12.5 Å². The van der Waals surface area contributed by atoms with Gasteiger partial charge in [0, 0.05) is 22.3 Å². The summed E-state index contributed by atoms with van der Waals surface area (Å²) < 4.78 is 0.714. The van der Waals surface area contributed by atoms with Gasteiger partial charge in [-0.15, -0.1) is 0 Å². The molecular formula is C16H14BrNO3. The summed E-state index contributed by atoms with van der Waals surface area (Å²) in [6.07, 6.45) is -0.0659. The third kappa shape index (κ3) is 2.54. The maximum absolute atomic E-state index is 12.7. The number of rotatable bonds is 1. The second-order valence-corrected chi connectivity index (χ2v) is 5.90. The van der Waals surface area contributed by atoms with Crippen LogP contribution in [0.25, 0.3) is 0 Å². The number of anilines is 1. The van der Waals surface area contributed by atoms with Crippen LogP contribution in [0.3, 0.4) is 0 Å². The van der Waals surface area contributed by atoms with Crippen LogP contribution in [-0.2, 0) is 0 Å². The fourth-order valence-electron chi connectivity index (χ4n) is 2.58. The average molecular weight is 348 g/mol. The first-order valence-corrected chi connectivity index (χ1v) is 7.44. The standard InChI is InChI=1S/C16H14BrNO3/c17-10-5-6-12(15(20)9-10)16(21)18-8-7-14(19)11-3-1-2-4-13(11)18/h1-6,9,14,19-20H,7-8H2. The molecule has 0 aromatic heterocycles. The van der Waals surface area contributed by atoms with Crippen molar-refractivity contribution in [2.24, 2.45) is 0 Å². The minimum Gasteiger partial charge on any atom is -0.507 e. The number of hydrogen-bond acceptors (Lipinski definition) is 3. The number of benzene rings is 2. The van der Waals surface area contributed by atoms with Crippen LogP contribution in [0.4, 0.5) is 5.69 Å². The number of carbonyl (C=O) groups is 1. The summed E-state index contributed by atoms with van der Waals surface area (Å²) in [5.41, 5.74) is 1.70. The molecule has 0 saturated carbocycles. The normalized spacial score (nSPS) is 17.4. The van der Waals surface area contributed by atoms with Gasteiger partial charge in [0.1, 0.15) is 5.75 Å². The molecule has 0 radical (unpaired) electrons. The van der Waals surface area contributed by atoms with Gasteiger partial charge in [-0.05, 0) is 30.7 Å². The van der Waals surface area contributed by atoms with E-state index in [2.05, 4.69) is 15.9 Å². The zero-order valence-electron chi connectivity index (χ0n) is 11.2. The quantitative estimate of drug-likeness (QED) is 0.832. The number of aliphatic hydroxyl groups is 1. The fourth-order valence-corrected chi connectivity index (χ4v) is 2.93. The molecular weight excluding hydrogens is 334 g/mol. The molecule has 1 unspecified atom stereocenters. The first-order valence-electron chi connectivity index (χ1n) is 6.65. The highest BCUT2D eigenvalue weighted by molar-refractivity contribution is 9.10. The maximum Gasteiger partial charge on any atom is 0.262 e. The summed E-state index contributed by atoms with van der Waals surface area (Å²) >= 11 is 3.26. The van der Waals surface area contributed by atoms with E-state index in [9.17, 15) is 15.0 Å². The summed E-state index contributed by atoms with van der Waals surface area (Å²) in [5, 5.41) is 20.0. The molecule has 0 bridgehead atoms. The zero-order chi connectivity index (χ0) is 15.0. The summed E-state index contributed by atoms with van der Waals surface area (Å²) in [7, 11) is 0. The van der Waals surface area contributed by atoms with Crippen LogP contribution in [0, 0.1) is 0 Å². The lowest BCUT2D eigenvalue weighted by Crippen LogP contribution is -2.36. The summed E-state index contributed by atoms with van der Waals surface area (Å²) in [4.78, 5) is 14.3. The van der Waals surface area contributed by atoms with Gasteiger partial charge in [0.05, 0.1) is 11.7 Å². The lowest BCUT2D eigenvalue weighted by molar-refractivity contribution is 0.0968. The van der Waals surface area contributed by atoms with E-state index in [1.807, 2.05) is 24.3 Å². The Labute approximate surface area is 130 Å². The average Bonchev–Trinajstić information content (AvgIpc) is 2.47. The minimum absolute atomic E-state index is 0.0574. The number of carbonyl (C=O) groups excluding carboxylic acids is 1.